The molecule has 3 aromatic rings. The Morgan fingerprint density at radius 3 is 2.80 bits per heavy atom. The molecule has 0 radical (unpaired) electrons. The molecule has 3 rings (SSSR count). The lowest BCUT2D eigenvalue weighted by Crippen LogP contribution is -2.27. The summed E-state index contributed by atoms with van der Waals surface area (Å²) < 4.78 is 6.68. The van der Waals surface area contributed by atoms with Crippen LogP contribution in [0.3, 0.4) is 0 Å². The van der Waals surface area contributed by atoms with Gasteiger partial charge in [-0.25, -0.2) is 4.98 Å². The van der Waals surface area contributed by atoms with E-state index < -0.39 is 5.91 Å². The molecule has 25 heavy (non-hydrogen) atoms. The number of fused-ring (bicyclic) bond motifs is 1. The van der Waals surface area contributed by atoms with Crippen LogP contribution < -0.4 is 11.1 Å². The molecule has 0 fully saturated rings. The van der Waals surface area contributed by atoms with Gasteiger partial charge in [-0.3, -0.25) is 9.59 Å². The summed E-state index contributed by atoms with van der Waals surface area (Å²) in [5, 5.41) is 2.74. The first-order valence-electron chi connectivity index (χ1n) is 7.74. The van der Waals surface area contributed by atoms with Crippen molar-refractivity contribution in [3.63, 3.8) is 0 Å². The van der Waals surface area contributed by atoms with E-state index in [1.807, 2.05) is 24.4 Å². The average molecular weight is 338 g/mol. The van der Waals surface area contributed by atoms with Crippen LogP contribution in [0.1, 0.15) is 20.8 Å². The number of pyridine rings is 1. The minimum atomic E-state index is -0.472. The van der Waals surface area contributed by atoms with Crippen molar-refractivity contribution < 1.29 is 14.3 Å². The number of amides is 2. The molecule has 128 valence electrons. The second kappa shape index (κ2) is 7.14. The summed E-state index contributed by atoms with van der Waals surface area (Å²) in [5.41, 5.74) is 8.52. The van der Waals surface area contributed by atoms with Crippen LogP contribution >= 0.6 is 0 Å². The van der Waals surface area contributed by atoms with Crippen LogP contribution in [-0.2, 0) is 4.74 Å². The predicted molar refractivity (Wildman–Crippen MR) is 93.4 cm³/mol. The van der Waals surface area contributed by atoms with E-state index in [-0.39, 0.29) is 5.91 Å². The molecule has 0 spiro atoms. The SMILES string of the molecule is COCCNC(=O)c1cn2cc(-c3cccc(C(N)=O)c3)ccc2n1. The first kappa shape index (κ1) is 16.7. The minimum Gasteiger partial charge on any atom is -0.383 e. The fourth-order valence-electron chi connectivity index (χ4n) is 2.48. The third-order valence-electron chi connectivity index (χ3n) is 3.76. The number of benzene rings is 1. The highest BCUT2D eigenvalue weighted by Gasteiger charge is 2.11. The summed E-state index contributed by atoms with van der Waals surface area (Å²) >= 11 is 0. The molecule has 0 saturated carbocycles. The van der Waals surface area contributed by atoms with Crippen molar-refractivity contribution in [3.8, 4) is 11.1 Å². The molecular weight excluding hydrogens is 320 g/mol. The summed E-state index contributed by atoms with van der Waals surface area (Å²) in [6.45, 7) is 0.869. The van der Waals surface area contributed by atoms with Crippen LogP contribution in [0.25, 0.3) is 16.8 Å². The maximum atomic E-state index is 12.1. The number of primary amides is 1. The number of carbonyl (C=O) groups excluding carboxylic acids is 2. The van der Waals surface area contributed by atoms with E-state index in [9.17, 15) is 9.59 Å². The van der Waals surface area contributed by atoms with Crippen molar-refractivity contribution in [1.29, 1.82) is 0 Å². The Kier molecular flexibility index (Phi) is 4.76. The number of carbonyl (C=O) groups is 2. The average Bonchev–Trinajstić information content (AvgIpc) is 3.05. The molecule has 0 aliphatic carbocycles. The van der Waals surface area contributed by atoms with Crippen molar-refractivity contribution in [1.82, 2.24) is 14.7 Å². The van der Waals surface area contributed by atoms with Crippen molar-refractivity contribution in [2.45, 2.75) is 0 Å². The van der Waals surface area contributed by atoms with E-state index in [1.54, 1.807) is 35.9 Å². The van der Waals surface area contributed by atoms with E-state index in [0.29, 0.717) is 30.1 Å². The van der Waals surface area contributed by atoms with Gasteiger partial charge in [0.1, 0.15) is 11.3 Å². The third kappa shape index (κ3) is 3.67. The number of nitrogens with two attached hydrogens (primary N) is 1. The maximum Gasteiger partial charge on any atom is 0.271 e. The highest BCUT2D eigenvalue weighted by Crippen LogP contribution is 2.21. The van der Waals surface area contributed by atoms with Crippen LogP contribution in [-0.4, -0.2) is 41.5 Å². The van der Waals surface area contributed by atoms with Crippen LogP contribution in [0.4, 0.5) is 0 Å². The Morgan fingerprint density at radius 2 is 2.04 bits per heavy atom. The van der Waals surface area contributed by atoms with Gasteiger partial charge in [0.15, 0.2) is 0 Å². The molecule has 0 atom stereocenters. The van der Waals surface area contributed by atoms with Gasteiger partial charge in [0.05, 0.1) is 6.61 Å². The molecule has 0 bridgehead atoms. The molecule has 2 amide bonds. The summed E-state index contributed by atoms with van der Waals surface area (Å²) in [5.74, 6) is -0.724. The number of ether oxygens (including phenoxy) is 1. The van der Waals surface area contributed by atoms with Gasteiger partial charge < -0.3 is 20.2 Å². The highest BCUT2D eigenvalue weighted by molar-refractivity contribution is 5.94. The zero-order chi connectivity index (χ0) is 17.8. The summed E-state index contributed by atoms with van der Waals surface area (Å²) in [6.07, 6.45) is 3.52. The molecular formula is C18H18N4O3. The zero-order valence-electron chi connectivity index (χ0n) is 13.7. The first-order chi connectivity index (χ1) is 12.1. The molecule has 7 heteroatoms. The van der Waals surface area contributed by atoms with Crippen LogP contribution in [0.15, 0.2) is 48.8 Å². The monoisotopic (exact) mass is 338 g/mol. The van der Waals surface area contributed by atoms with Gasteiger partial charge in [0.2, 0.25) is 5.91 Å². The molecule has 2 heterocycles. The van der Waals surface area contributed by atoms with Crippen molar-refractivity contribution in [3.05, 3.63) is 60.0 Å². The van der Waals surface area contributed by atoms with Gasteiger partial charge in [-0.15, -0.1) is 0 Å². The van der Waals surface area contributed by atoms with Gasteiger partial charge in [-0.05, 0) is 35.4 Å². The molecule has 0 unspecified atom stereocenters. The zero-order valence-corrected chi connectivity index (χ0v) is 13.7. The number of rotatable bonds is 6. The van der Waals surface area contributed by atoms with Crippen LogP contribution in [0, 0.1) is 0 Å². The normalized spacial score (nSPS) is 10.8. The van der Waals surface area contributed by atoms with E-state index in [0.717, 1.165) is 11.1 Å². The maximum absolute atomic E-state index is 12.1. The van der Waals surface area contributed by atoms with E-state index in [4.69, 9.17) is 10.5 Å². The molecule has 0 aliphatic heterocycles. The Morgan fingerprint density at radius 1 is 1.20 bits per heavy atom. The lowest BCUT2D eigenvalue weighted by Gasteiger charge is -2.04. The van der Waals surface area contributed by atoms with Gasteiger partial charge in [-0.1, -0.05) is 12.1 Å². The molecule has 3 N–H and O–H groups in total. The molecule has 0 saturated heterocycles. The lowest BCUT2D eigenvalue weighted by atomic mass is 10.0. The summed E-state index contributed by atoms with van der Waals surface area (Å²) in [6, 6.07) is 10.8. The number of nitrogens with one attached hydrogen (secondary N) is 1. The highest BCUT2D eigenvalue weighted by atomic mass is 16.5. The van der Waals surface area contributed by atoms with Crippen molar-refractivity contribution in [2.75, 3.05) is 20.3 Å². The van der Waals surface area contributed by atoms with E-state index >= 15 is 0 Å². The first-order valence-corrected chi connectivity index (χ1v) is 7.74. The third-order valence-corrected chi connectivity index (χ3v) is 3.76. The van der Waals surface area contributed by atoms with Crippen LogP contribution in [0.2, 0.25) is 0 Å². The van der Waals surface area contributed by atoms with Gasteiger partial charge >= 0.3 is 0 Å². The predicted octanol–water partition coefficient (Wildman–Crippen LogP) is 1.48. The lowest BCUT2D eigenvalue weighted by molar-refractivity contribution is 0.0932. The minimum absolute atomic E-state index is 0.252. The number of methoxy groups -OCH3 is 1. The van der Waals surface area contributed by atoms with Crippen molar-refractivity contribution >= 4 is 17.5 Å². The Bertz CT molecular complexity index is 933. The van der Waals surface area contributed by atoms with Gasteiger partial charge in [0, 0.05) is 31.6 Å². The molecule has 2 aromatic heterocycles. The number of hydrogen-bond donors (Lipinski definition) is 2. The van der Waals surface area contributed by atoms with E-state index in [2.05, 4.69) is 10.3 Å². The summed E-state index contributed by atoms with van der Waals surface area (Å²) in [7, 11) is 1.58. The second-order valence-electron chi connectivity index (χ2n) is 5.50. The quantitative estimate of drug-likeness (QED) is 0.665. The molecule has 0 aliphatic rings. The summed E-state index contributed by atoms with van der Waals surface area (Å²) in [4.78, 5) is 27.7. The second-order valence-corrected chi connectivity index (χ2v) is 5.50. The number of hydrogen-bond acceptors (Lipinski definition) is 4. The van der Waals surface area contributed by atoms with Gasteiger partial charge in [-0.2, -0.15) is 0 Å². The standard InChI is InChI=1S/C18H18N4O3/c1-25-8-7-20-18(24)15-11-22-10-14(5-6-16(22)21-15)12-3-2-4-13(9-12)17(19)23/h2-6,9-11H,7-8H2,1H3,(H2,19,23)(H,20,24). The number of nitrogens with zero attached hydrogens (tertiary/aromatic N) is 2. The topological polar surface area (TPSA) is 98.7 Å². The largest absolute Gasteiger partial charge is 0.383 e. The number of aromatic nitrogens is 2. The van der Waals surface area contributed by atoms with E-state index in [1.165, 1.54) is 0 Å². The number of imidazole rings is 1. The van der Waals surface area contributed by atoms with Crippen molar-refractivity contribution in [2.24, 2.45) is 5.73 Å². The van der Waals surface area contributed by atoms with Crippen LogP contribution in [0.5, 0.6) is 0 Å². The molecule has 1 aromatic carbocycles. The fourth-order valence-corrected chi connectivity index (χ4v) is 2.48. The van der Waals surface area contributed by atoms with Gasteiger partial charge in [0.25, 0.3) is 5.91 Å². The molecule has 7 nitrogen and oxygen atoms in total. The fraction of sp³-hybridized carbons (Fsp3) is 0.167. The Hall–Kier alpha value is -3.19. The Balaban J connectivity index is 1.89. The Labute approximate surface area is 144 Å². The smallest absolute Gasteiger partial charge is 0.271 e.